The van der Waals surface area contributed by atoms with Crippen LogP contribution in [0.25, 0.3) is 16.9 Å². The van der Waals surface area contributed by atoms with Crippen molar-refractivity contribution in [2.75, 3.05) is 24.4 Å². The number of aromatic nitrogens is 2. The van der Waals surface area contributed by atoms with Gasteiger partial charge in [-0.25, -0.2) is 9.78 Å². The number of nitriles is 1. The van der Waals surface area contributed by atoms with Gasteiger partial charge in [0.15, 0.2) is 0 Å². The van der Waals surface area contributed by atoms with E-state index >= 15 is 0 Å². The number of nitrogens with zero attached hydrogens (tertiary/aromatic N) is 4. The van der Waals surface area contributed by atoms with E-state index in [0.29, 0.717) is 27.7 Å². The normalized spacial score (nSPS) is 10.5. The zero-order chi connectivity index (χ0) is 23.5. The van der Waals surface area contributed by atoms with E-state index in [2.05, 4.69) is 21.1 Å². The minimum absolute atomic E-state index is 0.169. The zero-order valence-electron chi connectivity index (χ0n) is 17.7. The molecule has 0 aliphatic rings. The van der Waals surface area contributed by atoms with Crippen molar-refractivity contribution in [1.29, 1.82) is 5.26 Å². The van der Waals surface area contributed by atoms with Crippen LogP contribution in [0.3, 0.4) is 0 Å². The van der Waals surface area contributed by atoms with E-state index in [1.54, 1.807) is 78.3 Å². The van der Waals surface area contributed by atoms with Gasteiger partial charge in [-0.2, -0.15) is 5.26 Å². The molecular weight excluding hydrogens is 442 g/mol. The molecule has 0 aliphatic heterocycles. The van der Waals surface area contributed by atoms with Gasteiger partial charge in [0.2, 0.25) is 0 Å². The molecule has 0 atom stereocenters. The van der Waals surface area contributed by atoms with E-state index in [-0.39, 0.29) is 17.2 Å². The van der Waals surface area contributed by atoms with Gasteiger partial charge in [-0.05, 0) is 48.5 Å². The van der Waals surface area contributed by atoms with Crippen LogP contribution in [-0.4, -0.2) is 35.5 Å². The van der Waals surface area contributed by atoms with Crippen LogP contribution in [0, 0.1) is 11.3 Å². The molecule has 2 aromatic carbocycles. The number of amides is 2. The maximum atomic E-state index is 13.3. The number of halogens is 1. The van der Waals surface area contributed by atoms with Crippen LogP contribution in [-0.2, 0) is 4.74 Å². The first-order valence-electron chi connectivity index (χ1n) is 9.82. The molecule has 9 heteroatoms. The predicted octanol–water partition coefficient (Wildman–Crippen LogP) is 4.98. The van der Waals surface area contributed by atoms with Crippen molar-refractivity contribution in [2.24, 2.45) is 0 Å². The van der Waals surface area contributed by atoms with Gasteiger partial charge in [-0.1, -0.05) is 23.7 Å². The summed E-state index contributed by atoms with van der Waals surface area (Å²) in [6.45, 7) is 0. The number of methoxy groups -OCH3 is 1. The van der Waals surface area contributed by atoms with E-state index in [4.69, 9.17) is 11.6 Å². The van der Waals surface area contributed by atoms with E-state index in [9.17, 15) is 14.9 Å². The number of hydrogen-bond acceptors (Lipinski definition) is 5. The van der Waals surface area contributed by atoms with Crippen molar-refractivity contribution in [2.45, 2.75) is 0 Å². The molecule has 0 fully saturated rings. The van der Waals surface area contributed by atoms with Gasteiger partial charge in [-0.15, -0.1) is 0 Å². The van der Waals surface area contributed by atoms with Crippen LogP contribution in [0.4, 0.5) is 16.2 Å². The summed E-state index contributed by atoms with van der Waals surface area (Å²) in [5.41, 5.74) is 3.53. The Kier molecular flexibility index (Phi) is 5.98. The summed E-state index contributed by atoms with van der Waals surface area (Å²) < 4.78 is 6.24. The standard InChI is InChI=1S/C24H18ClN5O3/c1-29(18-9-5-16(25)6-10-18)23(31)19-11-12-22-27-14-21(30(22)20(19)13-26)15-3-7-17(8-4-15)28-24(32)33-2/h3-12,14H,1-2H3,(H,28,32). The summed E-state index contributed by atoms with van der Waals surface area (Å²) in [6.07, 6.45) is 1.06. The van der Waals surface area contributed by atoms with Crippen LogP contribution in [0.5, 0.6) is 0 Å². The molecule has 2 aromatic heterocycles. The van der Waals surface area contributed by atoms with Gasteiger partial charge in [0.25, 0.3) is 5.91 Å². The van der Waals surface area contributed by atoms with Gasteiger partial charge < -0.3 is 9.64 Å². The lowest BCUT2D eigenvalue weighted by Gasteiger charge is -2.18. The van der Waals surface area contributed by atoms with Gasteiger partial charge in [0.1, 0.15) is 17.4 Å². The molecule has 4 aromatic rings. The highest BCUT2D eigenvalue weighted by Gasteiger charge is 2.21. The fraction of sp³-hybridized carbons (Fsp3) is 0.0833. The summed E-state index contributed by atoms with van der Waals surface area (Å²) in [4.78, 5) is 30.5. The second-order valence-electron chi connectivity index (χ2n) is 7.08. The molecule has 0 bridgehead atoms. The third-order valence-corrected chi connectivity index (χ3v) is 5.39. The molecule has 2 amide bonds. The number of anilines is 2. The average molecular weight is 460 g/mol. The predicted molar refractivity (Wildman–Crippen MR) is 126 cm³/mol. The lowest BCUT2D eigenvalue weighted by atomic mass is 10.1. The SMILES string of the molecule is COC(=O)Nc1ccc(-c2cnc3ccc(C(=O)N(C)c4ccc(Cl)cc4)c(C#N)n23)cc1. The second-order valence-corrected chi connectivity index (χ2v) is 7.52. The first kappa shape index (κ1) is 21.9. The Morgan fingerprint density at radius 2 is 1.79 bits per heavy atom. The monoisotopic (exact) mass is 459 g/mol. The minimum Gasteiger partial charge on any atom is -0.453 e. The summed E-state index contributed by atoms with van der Waals surface area (Å²) in [6, 6.07) is 19.3. The zero-order valence-corrected chi connectivity index (χ0v) is 18.5. The molecule has 2 heterocycles. The number of nitrogens with one attached hydrogen (secondary N) is 1. The van der Waals surface area contributed by atoms with Crippen LogP contribution < -0.4 is 10.2 Å². The number of imidazole rings is 1. The molecule has 1 N–H and O–H groups in total. The second kappa shape index (κ2) is 9.02. The van der Waals surface area contributed by atoms with Crippen LogP contribution in [0.15, 0.2) is 66.9 Å². The Hall–Kier alpha value is -4.35. The number of rotatable bonds is 4. The molecule has 0 aliphatic carbocycles. The van der Waals surface area contributed by atoms with Gasteiger partial charge in [0, 0.05) is 29.0 Å². The Morgan fingerprint density at radius 3 is 2.42 bits per heavy atom. The fourth-order valence-electron chi connectivity index (χ4n) is 3.42. The third-order valence-electron chi connectivity index (χ3n) is 5.13. The van der Waals surface area contributed by atoms with Crippen LogP contribution in [0.1, 0.15) is 16.1 Å². The number of fused-ring (bicyclic) bond motifs is 1. The summed E-state index contributed by atoms with van der Waals surface area (Å²) in [5.74, 6) is -0.340. The van der Waals surface area contributed by atoms with Crippen molar-refractivity contribution in [3.8, 4) is 17.3 Å². The van der Waals surface area contributed by atoms with Crippen LogP contribution in [0.2, 0.25) is 5.02 Å². The highest BCUT2D eigenvalue weighted by Crippen LogP contribution is 2.27. The number of benzene rings is 2. The van der Waals surface area contributed by atoms with Gasteiger partial charge in [-0.3, -0.25) is 14.5 Å². The largest absolute Gasteiger partial charge is 0.453 e. The van der Waals surface area contributed by atoms with Crippen molar-refractivity contribution in [3.05, 3.63) is 83.1 Å². The third kappa shape index (κ3) is 4.22. The fourth-order valence-corrected chi connectivity index (χ4v) is 3.54. The van der Waals surface area contributed by atoms with Crippen LogP contribution >= 0.6 is 11.6 Å². The topological polar surface area (TPSA) is 99.7 Å². The smallest absolute Gasteiger partial charge is 0.411 e. The van der Waals surface area contributed by atoms with Crippen molar-refractivity contribution >= 4 is 40.6 Å². The number of hydrogen-bond donors (Lipinski definition) is 1. The molecule has 33 heavy (non-hydrogen) atoms. The summed E-state index contributed by atoms with van der Waals surface area (Å²) >= 11 is 5.95. The molecule has 0 radical (unpaired) electrons. The molecule has 164 valence electrons. The maximum absolute atomic E-state index is 13.3. The maximum Gasteiger partial charge on any atom is 0.411 e. The van der Waals surface area contributed by atoms with Crippen molar-refractivity contribution < 1.29 is 14.3 Å². The van der Waals surface area contributed by atoms with Gasteiger partial charge >= 0.3 is 6.09 Å². The number of carbonyl (C=O) groups excluding carboxylic acids is 2. The van der Waals surface area contributed by atoms with E-state index in [0.717, 1.165) is 5.56 Å². The molecule has 8 nitrogen and oxygen atoms in total. The first-order chi connectivity index (χ1) is 15.9. The number of carbonyl (C=O) groups is 2. The Morgan fingerprint density at radius 1 is 1.09 bits per heavy atom. The minimum atomic E-state index is -0.572. The molecule has 0 spiro atoms. The van der Waals surface area contributed by atoms with Crippen molar-refractivity contribution in [3.63, 3.8) is 0 Å². The molecule has 0 saturated heterocycles. The molecule has 0 unspecified atom stereocenters. The Bertz CT molecular complexity index is 1390. The quantitative estimate of drug-likeness (QED) is 0.464. The molecule has 4 rings (SSSR count). The summed E-state index contributed by atoms with van der Waals surface area (Å²) in [5, 5.41) is 13.1. The Balaban J connectivity index is 1.75. The highest BCUT2D eigenvalue weighted by atomic mass is 35.5. The lowest BCUT2D eigenvalue weighted by molar-refractivity contribution is 0.0992. The van der Waals surface area contributed by atoms with E-state index in [1.807, 2.05) is 0 Å². The number of ether oxygens (including phenoxy) is 1. The van der Waals surface area contributed by atoms with E-state index in [1.165, 1.54) is 12.0 Å². The average Bonchev–Trinajstić information content (AvgIpc) is 3.27. The highest BCUT2D eigenvalue weighted by molar-refractivity contribution is 6.30. The van der Waals surface area contributed by atoms with E-state index < -0.39 is 6.09 Å². The molecule has 0 saturated carbocycles. The summed E-state index contributed by atoms with van der Waals surface area (Å²) in [7, 11) is 2.92. The Labute approximate surface area is 194 Å². The molecular formula is C24H18ClN5O3. The number of pyridine rings is 1. The lowest BCUT2D eigenvalue weighted by Crippen LogP contribution is -2.27. The first-order valence-corrected chi connectivity index (χ1v) is 10.2. The van der Waals surface area contributed by atoms with Crippen molar-refractivity contribution in [1.82, 2.24) is 9.38 Å². The van der Waals surface area contributed by atoms with Gasteiger partial charge in [0.05, 0.1) is 24.6 Å².